The number of aliphatic hydroxyl groups excluding tert-OH is 1. The third-order valence-electron chi connectivity index (χ3n) is 3.08. The number of hydrogen-bond donors (Lipinski definition) is 1. The molecule has 3 aromatic rings. The summed E-state index contributed by atoms with van der Waals surface area (Å²) in [5.41, 5.74) is 2.00. The minimum Gasteiger partial charge on any atom is -0.392 e. The molecule has 2 heterocycles. The number of nitroso groups, excluding NO2 is 1. The van der Waals surface area contributed by atoms with E-state index in [4.69, 9.17) is 0 Å². The Morgan fingerprint density at radius 2 is 2.00 bits per heavy atom. The maximum atomic E-state index is 13.0. The van der Waals surface area contributed by atoms with Crippen molar-refractivity contribution in [2.24, 2.45) is 5.18 Å². The molecule has 6 heteroatoms. The Hall–Kier alpha value is -2.60. The molecule has 0 spiro atoms. The first-order valence-corrected chi connectivity index (χ1v) is 5.94. The van der Waals surface area contributed by atoms with E-state index in [1.54, 1.807) is 18.3 Å². The van der Waals surface area contributed by atoms with Crippen molar-refractivity contribution in [3.63, 3.8) is 0 Å². The van der Waals surface area contributed by atoms with Crippen molar-refractivity contribution in [3.8, 4) is 11.3 Å². The van der Waals surface area contributed by atoms with Gasteiger partial charge >= 0.3 is 0 Å². The van der Waals surface area contributed by atoms with Crippen molar-refractivity contribution in [3.05, 3.63) is 58.9 Å². The summed E-state index contributed by atoms with van der Waals surface area (Å²) in [4.78, 5) is 15.4. The van der Waals surface area contributed by atoms with Crippen LogP contribution in [0.3, 0.4) is 0 Å². The predicted molar refractivity (Wildman–Crippen MR) is 72.0 cm³/mol. The molecule has 0 saturated carbocycles. The Bertz CT molecular complexity index is 781. The normalized spacial score (nSPS) is 10.9. The number of aliphatic hydroxyl groups is 1. The quantitative estimate of drug-likeness (QED) is 0.744. The Morgan fingerprint density at radius 3 is 2.65 bits per heavy atom. The summed E-state index contributed by atoms with van der Waals surface area (Å²) in [6, 6.07) is 9.06. The fourth-order valence-electron chi connectivity index (χ4n) is 2.12. The topological polar surface area (TPSA) is 67.0 Å². The molecule has 5 nitrogen and oxygen atoms in total. The number of pyridine rings is 1. The molecule has 3 rings (SSSR count). The first kappa shape index (κ1) is 12.4. The van der Waals surface area contributed by atoms with Gasteiger partial charge in [0.2, 0.25) is 5.82 Å². The lowest BCUT2D eigenvalue weighted by Crippen LogP contribution is -1.90. The highest BCUT2D eigenvalue weighted by Gasteiger charge is 2.16. The molecule has 0 bridgehead atoms. The van der Waals surface area contributed by atoms with Crippen LogP contribution in [0.25, 0.3) is 16.9 Å². The van der Waals surface area contributed by atoms with Gasteiger partial charge in [0.1, 0.15) is 17.2 Å². The van der Waals surface area contributed by atoms with Gasteiger partial charge in [0, 0.05) is 17.3 Å². The smallest absolute Gasteiger partial charge is 0.209 e. The fourth-order valence-corrected chi connectivity index (χ4v) is 2.12. The Morgan fingerprint density at radius 1 is 1.25 bits per heavy atom. The van der Waals surface area contributed by atoms with Crippen LogP contribution in [-0.2, 0) is 6.61 Å². The minimum atomic E-state index is -0.367. The van der Waals surface area contributed by atoms with Gasteiger partial charge in [0.25, 0.3) is 0 Å². The van der Waals surface area contributed by atoms with Gasteiger partial charge in [0.15, 0.2) is 0 Å². The van der Waals surface area contributed by atoms with Gasteiger partial charge in [-0.25, -0.2) is 9.37 Å². The number of hydrogen-bond acceptors (Lipinski definition) is 4. The largest absolute Gasteiger partial charge is 0.392 e. The second-order valence-corrected chi connectivity index (χ2v) is 4.27. The summed E-state index contributed by atoms with van der Waals surface area (Å²) in [5.74, 6) is -0.240. The van der Waals surface area contributed by atoms with Crippen molar-refractivity contribution in [2.45, 2.75) is 6.61 Å². The molecule has 0 aliphatic carbocycles. The van der Waals surface area contributed by atoms with Gasteiger partial charge < -0.3 is 5.11 Å². The van der Waals surface area contributed by atoms with Gasteiger partial charge in [-0.15, -0.1) is 4.91 Å². The first-order valence-electron chi connectivity index (χ1n) is 5.94. The third-order valence-corrected chi connectivity index (χ3v) is 3.08. The highest BCUT2D eigenvalue weighted by Crippen LogP contribution is 2.31. The van der Waals surface area contributed by atoms with E-state index in [-0.39, 0.29) is 18.2 Å². The van der Waals surface area contributed by atoms with Crippen LogP contribution in [0.4, 0.5) is 10.2 Å². The van der Waals surface area contributed by atoms with E-state index in [1.807, 2.05) is 0 Å². The lowest BCUT2D eigenvalue weighted by Gasteiger charge is -1.98. The van der Waals surface area contributed by atoms with Gasteiger partial charge in [-0.2, -0.15) is 0 Å². The van der Waals surface area contributed by atoms with Crippen molar-refractivity contribution in [1.82, 2.24) is 9.38 Å². The van der Waals surface area contributed by atoms with Crippen molar-refractivity contribution in [1.29, 1.82) is 0 Å². The number of benzene rings is 1. The monoisotopic (exact) mass is 271 g/mol. The van der Waals surface area contributed by atoms with E-state index in [9.17, 15) is 14.4 Å². The Balaban J connectivity index is 2.30. The van der Waals surface area contributed by atoms with Crippen LogP contribution >= 0.6 is 0 Å². The molecule has 0 saturated heterocycles. The molecule has 0 aliphatic heterocycles. The number of halogens is 1. The van der Waals surface area contributed by atoms with E-state index in [1.165, 1.54) is 28.7 Å². The highest BCUT2D eigenvalue weighted by atomic mass is 19.1. The summed E-state index contributed by atoms with van der Waals surface area (Å²) in [6.07, 6.45) is 1.64. The van der Waals surface area contributed by atoms with Crippen LogP contribution in [0.2, 0.25) is 0 Å². The standard InChI is InChI=1S/C14H10FN3O2/c15-11-5-3-9(4-6-11)12-14(17-20)18-7-1-2-10(8-19)13(18)16-12/h1-7,19H,8H2. The summed E-state index contributed by atoms with van der Waals surface area (Å²) in [7, 11) is 0. The van der Waals surface area contributed by atoms with Gasteiger partial charge in [0.05, 0.1) is 6.61 Å². The summed E-state index contributed by atoms with van der Waals surface area (Å²) in [5, 5.41) is 12.3. The molecule has 0 fully saturated rings. The first-order chi connectivity index (χ1) is 9.74. The Kier molecular flexibility index (Phi) is 3.00. The zero-order chi connectivity index (χ0) is 14.1. The fraction of sp³-hybridized carbons (Fsp3) is 0.0714. The minimum absolute atomic E-state index is 0.127. The summed E-state index contributed by atoms with van der Waals surface area (Å²) in [6.45, 7) is -0.192. The molecule has 0 unspecified atom stereocenters. The molecule has 0 atom stereocenters. The lowest BCUT2D eigenvalue weighted by atomic mass is 10.1. The zero-order valence-corrected chi connectivity index (χ0v) is 10.3. The number of imidazole rings is 1. The molecule has 1 aromatic carbocycles. The van der Waals surface area contributed by atoms with E-state index in [0.717, 1.165) is 0 Å². The molecule has 100 valence electrons. The van der Waals surface area contributed by atoms with E-state index < -0.39 is 0 Å². The second-order valence-electron chi connectivity index (χ2n) is 4.27. The zero-order valence-electron chi connectivity index (χ0n) is 10.3. The molecule has 0 aliphatic rings. The van der Waals surface area contributed by atoms with E-state index in [0.29, 0.717) is 22.5 Å². The van der Waals surface area contributed by atoms with Gasteiger partial charge in [-0.3, -0.25) is 4.40 Å². The molecule has 2 aromatic heterocycles. The number of aromatic nitrogens is 2. The van der Waals surface area contributed by atoms with Crippen LogP contribution in [0.1, 0.15) is 5.56 Å². The molecular formula is C14H10FN3O2. The van der Waals surface area contributed by atoms with Crippen molar-refractivity contribution >= 4 is 11.5 Å². The van der Waals surface area contributed by atoms with Crippen LogP contribution in [0.5, 0.6) is 0 Å². The predicted octanol–water partition coefficient (Wildman–Crippen LogP) is 3.03. The average Bonchev–Trinajstić information content (AvgIpc) is 2.86. The van der Waals surface area contributed by atoms with Crippen LogP contribution < -0.4 is 0 Å². The maximum Gasteiger partial charge on any atom is 0.209 e. The number of nitrogens with zero attached hydrogens (tertiary/aromatic N) is 3. The van der Waals surface area contributed by atoms with Gasteiger partial charge in [-0.1, -0.05) is 6.07 Å². The third kappa shape index (κ3) is 1.86. The number of fused-ring (bicyclic) bond motifs is 1. The lowest BCUT2D eigenvalue weighted by molar-refractivity contribution is 0.282. The van der Waals surface area contributed by atoms with E-state index >= 15 is 0 Å². The van der Waals surface area contributed by atoms with Crippen molar-refractivity contribution in [2.75, 3.05) is 0 Å². The second kappa shape index (κ2) is 4.82. The maximum absolute atomic E-state index is 13.0. The average molecular weight is 271 g/mol. The van der Waals surface area contributed by atoms with Crippen LogP contribution in [-0.4, -0.2) is 14.5 Å². The molecular weight excluding hydrogens is 261 g/mol. The summed E-state index contributed by atoms with van der Waals surface area (Å²) >= 11 is 0. The molecule has 0 amide bonds. The molecule has 1 N–H and O–H groups in total. The van der Waals surface area contributed by atoms with Crippen LogP contribution in [0.15, 0.2) is 47.8 Å². The van der Waals surface area contributed by atoms with E-state index in [2.05, 4.69) is 10.2 Å². The van der Waals surface area contributed by atoms with Crippen LogP contribution in [0, 0.1) is 10.7 Å². The van der Waals surface area contributed by atoms with Gasteiger partial charge in [-0.05, 0) is 35.5 Å². The summed E-state index contributed by atoms with van der Waals surface area (Å²) < 4.78 is 14.5. The number of rotatable bonds is 3. The molecule has 0 radical (unpaired) electrons. The molecule has 20 heavy (non-hydrogen) atoms. The SMILES string of the molecule is O=Nc1c(-c2ccc(F)cc2)nc2c(CO)cccn12. The highest BCUT2D eigenvalue weighted by molar-refractivity contribution is 5.75. The van der Waals surface area contributed by atoms with Crippen molar-refractivity contribution < 1.29 is 9.50 Å². The Labute approximate surface area is 113 Å².